The first-order chi connectivity index (χ1) is 12.3. The van der Waals surface area contributed by atoms with E-state index in [1.54, 1.807) is 24.0 Å². The highest BCUT2D eigenvalue weighted by molar-refractivity contribution is 7.92. The molecule has 7 nitrogen and oxygen atoms in total. The van der Waals surface area contributed by atoms with E-state index in [4.69, 9.17) is 16.1 Å². The second-order valence-electron chi connectivity index (χ2n) is 6.39. The lowest BCUT2D eigenvalue weighted by molar-refractivity contribution is -0.131. The van der Waals surface area contributed by atoms with E-state index in [1.807, 2.05) is 12.1 Å². The molecule has 1 aromatic carbocycles. The topological polar surface area (TPSA) is 93.4 Å². The minimum Gasteiger partial charge on any atom is -0.340 e. The van der Waals surface area contributed by atoms with Crippen LogP contribution < -0.4 is 0 Å². The lowest BCUT2D eigenvalue weighted by Gasteiger charge is -2.30. The van der Waals surface area contributed by atoms with Crippen LogP contribution in [0.1, 0.15) is 25.7 Å². The van der Waals surface area contributed by atoms with Gasteiger partial charge >= 0.3 is 0 Å². The van der Waals surface area contributed by atoms with Crippen LogP contribution in [0.15, 0.2) is 28.8 Å². The van der Waals surface area contributed by atoms with Gasteiger partial charge in [-0.3, -0.25) is 4.79 Å². The Morgan fingerprint density at radius 3 is 2.77 bits per heavy atom. The molecule has 0 bridgehead atoms. The Morgan fingerprint density at radius 2 is 2.08 bits per heavy atom. The number of hydrogen-bond donors (Lipinski definition) is 0. The van der Waals surface area contributed by atoms with Gasteiger partial charge in [0.2, 0.25) is 17.6 Å². The van der Waals surface area contributed by atoms with Crippen molar-refractivity contribution in [1.29, 1.82) is 0 Å². The van der Waals surface area contributed by atoms with Crippen LogP contribution in [0.4, 0.5) is 0 Å². The van der Waals surface area contributed by atoms with Crippen molar-refractivity contribution in [1.82, 2.24) is 15.0 Å². The van der Waals surface area contributed by atoms with Crippen LogP contribution in [-0.4, -0.2) is 53.5 Å². The summed E-state index contributed by atoms with van der Waals surface area (Å²) in [6, 6.07) is 7.13. The van der Waals surface area contributed by atoms with Gasteiger partial charge in [-0.1, -0.05) is 16.8 Å². The van der Waals surface area contributed by atoms with Gasteiger partial charge in [-0.2, -0.15) is 4.98 Å². The van der Waals surface area contributed by atoms with Crippen molar-refractivity contribution in [3.8, 4) is 11.4 Å². The van der Waals surface area contributed by atoms with Gasteiger partial charge in [0.05, 0.1) is 11.0 Å². The van der Waals surface area contributed by atoms with Gasteiger partial charge in [0.25, 0.3) is 0 Å². The van der Waals surface area contributed by atoms with E-state index in [0.29, 0.717) is 36.0 Å². The number of rotatable bonds is 5. The molecule has 1 aliphatic heterocycles. The second kappa shape index (κ2) is 7.75. The van der Waals surface area contributed by atoms with Crippen LogP contribution in [0, 0.1) is 0 Å². The van der Waals surface area contributed by atoms with Crippen LogP contribution in [0.5, 0.6) is 0 Å². The monoisotopic (exact) mass is 397 g/mol. The van der Waals surface area contributed by atoms with Gasteiger partial charge < -0.3 is 9.42 Å². The molecular formula is C17H20ClN3O4S. The molecule has 0 radical (unpaired) electrons. The van der Waals surface area contributed by atoms with Crippen LogP contribution in [-0.2, 0) is 21.1 Å². The van der Waals surface area contributed by atoms with Gasteiger partial charge in [0.15, 0.2) is 9.84 Å². The van der Waals surface area contributed by atoms with Crippen molar-refractivity contribution in [2.45, 2.75) is 31.4 Å². The van der Waals surface area contributed by atoms with Crippen LogP contribution in [0.2, 0.25) is 5.02 Å². The van der Waals surface area contributed by atoms with Crippen LogP contribution >= 0.6 is 11.6 Å². The predicted octanol–water partition coefficient (Wildman–Crippen LogP) is 2.36. The molecule has 26 heavy (non-hydrogen) atoms. The number of nitrogens with zero attached hydrogens (tertiary/aromatic N) is 3. The Bertz CT molecular complexity index is 880. The lowest BCUT2D eigenvalue weighted by atomic mass is 10.2. The van der Waals surface area contributed by atoms with Crippen LogP contribution in [0.25, 0.3) is 11.4 Å². The number of aromatic nitrogens is 2. The molecule has 9 heteroatoms. The fourth-order valence-corrected chi connectivity index (χ4v) is 4.21. The average Bonchev–Trinajstić information content (AvgIpc) is 3.07. The van der Waals surface area contributed by atoms with Crippen molar-refractivity contribution in [3.05, 3.63) is 35.2 Å². The number of sulfone groups is 1. The first kappa shape index (κ1) is 18.8. The molecule has 1 unspecified atom stereocenters. The number of carbonyl (C=O) groups is 1. The molecular weight excluding hydrogens is 378 g/mol. The summed E-state index contributed by atoms with van der Waals surface area (Å²) in [6.45, 7) is 2.18. The maximum absolute atomic E-state index is 12.3. The maximum atomic E-state index is 12.3. The van der Waals surface area contributed by atoms with Crippen molar-refractivity contribution in [2.24, 2.45) is 0 Å². The summed E-state index contributed by atoms with van der Waals surface area (Å²) < 4.78 is 28.7. The summed E-state index contributed by atoms with van der Waals surface area (Å²) in [4.78, 5) is 18.2. The van der Waals surface area contributed by atoms with Gasteiger partial charge in [-0.15, -0.1) is 0 Å². The lowest BCUT2D eigenvalue weighted by Crippen LogP contribution is -2.48. The fourth-order valence-electron chi connectivity index (χ4n) is 2.80. The van der Waals surface area contributed by atoms with Crippen LogP contribution in [0.3, 0.4) is 0 Å². The van der Waals surface area contributed by atoms with E-state index < -0.39 is 15.1 Å². The van der Waals surface area contributed by atoms with E-state index in [1.165, 1.54) is 0 Å². The quantitative estimate of drug-likeness (QED) is 0.768. The van der Waals surface area contributed by atoms with E-state index in [2.05, 4.69) is 10.1 Å². The van der Waals surface area contributed by atoms with E-state index >= 15 is 0 Å². The molecule has 1 fully saturated rings. The largest absolute Gasteiger partial charge is 0.340 e. The molecule has 0 N–H and O–H groups in total. The third-order valence-corrected chi connectivity index (χ3v) is 6.82. The Morgan fingerprint density at radius 1 is 1.35 bits per heavy atom. The van der Waals surface area contributed by atoms with Gasteiger partial charge in [-0.25, -0.2) is 8.42 Å². The van der Waals surface area contributed by atoms with Gasteiger partial charge in [-0.05, 0) is 37.6 Å². The highest BCUT2D eigenvalue weighted by atomic mass is 35.5. The van der Waals surface area contributed by atoms with E-state index in [-0.39, 0.29) is 24.7 Å². The highest BCUT2D eigenvalue weighted by Gasteiger charge is 2.31. The highest BCUT2D eigenvalue weighted by Crippen LogP contribution is 2.19. The Balaban J connectivity index is 1.49. The summed E-state index contributed by atoms with van der Waals surface area (Å²) in [7, 11) is -3.05. The molecule has 1 aromatic heterocycles. The first-order valence-electron chi connectivity index (χ1n) is 8.43. The number of carbonyl (C=O) groups excluding carboxylic acids is 1. The second-order valence-corrected chi connectivity index (χ2v) is 9.36. The van der Waals surface area contributed by atoms with E-state index in [0.717, 1.165) is 5.56 Å². The third kappa shape index (κ3) is 4.42. The smallest absolute Gasteiger partial charge is 0.226 e. The normalized spacial score (nSPS) is 19.5. The van der Waals surface area contributed by atoms with Gasteiger partial charge in [0, 0.05) is 36.5 Å². The number of benzene rings is 1. The molecule has 0 aliphatic carbocycles. The molecule has 0 saturated carbocycles. The number of hydrogen-bond acceptors (Lipinski definition) is 6. The Hall–Kier alpha value is -1.93. The Kier molecular flexibility index (Phi) is 5.62. The summed E-state index contributed by atoms with van der Waals surface area (Å²) in [6.07, 6.45) is 1.39. The molecule has 1 saturated heterocycles. The third-order valence-electron chi connectivity index (χ3n) is 4.44. The molecule has 2 heterocycles. The zero-order chi connectivity index (χ0) is 18.7. The Labute approximate surface area is 157 Å². The molecule has 0 spiro atoms. The van der Waals surface area contributed by atoms with Gasteiger partial charge in [0.1, 0.15) is 0 Å². The molecule has 140 valence electrons. The standard InChI is InChI=1S/C17H20ClN3O4S/c1-12-11-21(9-10-26(12,23)24)16(22)4-2-3-15-19-17(20-25-15)13-5-7-14(18)8-6-13/h5-8,12H,2-4,9-11H2,1H3. The number of amides is 1. The number of halogens is 1. The number of aryl methyl sites for hydroxylation is 1. The summed E-state index contributed by atoms with van der Waals surface area (Å²) in [5, 5.41) is 4.07. The average molecular weight is 398 g/mol. The summed E-state index contributed by atoms with van der Waals surface area (Å²) >= 11 is 5.86. The minimum atomic E-state index is -3.05. The van der Waals surface area contributed by atoms with Crippen molar-refractivity contribution in [3.63, 3.8) is 0 Å². The molecule has 1 atom stereocenters. The summed E-state index contributed by atoms with van der Waals surface area (Å²) in [5.41, 5.74) is 0.809. The predicted molar refractivity (Wildman–Crippen MR) is 97.5 cm³/mol. The first-order valence-corrected chi connectivity index (χ1v) is 10.5. The zero-order valence-electron chi connectivity index (χ0n) is 14.4. The van der Waals surface area contributed by atoms with Crippen molar-refractivity contribution in [2.75, 3.05) is 18.8 Å². The SMILES string of the molecule is CC1CN(C(=O)CCCc2nc(-c3ccc(Cl)cc3)no2)CCS1(=O)=O. The zero-order valence-corrected chi connectivity index (χ0v) is 16.0. The summed E-state index contributed by atoms with van der Waals surface area (Å²) in [5.74, 6) is 0.952. The van der Waals surface area contributed by atoms with Crippen molar-refractivity contribution < 1.29 is 17.7 Å². The van der Waals surface area contributed by atoms with Crippen molar-refractivity contribution >= 4 is 27.3 Å². The molecule has 2 aromatic rings. The molecule has 1 aliphatic rings. The van der Waals surface area contributed by atoms with E-state index in [9.17, 15) is 13.2 Å². The maximum Gasteiger partial charge on any atom is 0.226 e. The minimum absolute atomic E-state index is 0.0357. The molecule has 1 amide bonds. The fraction of sp³-hybridized carbons (Fsp3) is 0.471. The molecule has 3 rings (SSSR count).